The summed E-state index contributed by atoms with van der Waals surface area (Å²) in [7, 11) is 0. The average molecular weight is 362 g/mol. The van der Waals surface area contributed by atoms with Crippen LogP contribution < -0.4 is 15.5 Å². The molecule has 22 heavy (non-hydrogen) atoms. The van der Waals surface area contributed by atoms with Crippen molar-refractivity contribution in [2.24, 2.45) is 0 Å². The number of hydrogen-bond donors (Lipinski definition) is 2. The molecule has 0 bridgehead atoms. The summed E-state index contributed by atoms with van der Waals surface area (Å²) >= 11 is 3.33. The first-order valence-corrected chi connectivity index (χ1v) is 8.25. The molecule has 2 atom stereocenters. The van der Waals surface area contributed by atoms with Crippen LogP contribution in [0.1, 0.15) is 13.8 Å². The molecular weight excluding hydrogens is 342 g/mol. The minimum atomic E-state index is 0.512. The molecule has 3 rings (SSSR count). The van der Waals surface area contributed by atoms with Crippen LogP contribution >= 0.6 is 15.9 Å². The third-order valence-electron chi connectivity index (χ3n) is 3.67. The molecular formula is C16H20BrN5. The molecule has 2 aromatic rings. The first-order valence-electron chi connectivity index (χ1n) is 7.46. The number of hydrogen-bond acceptors (Lipinski definition) is 5. The maximum atomic E-state index is 4.22. The fourth-order valence-corrected chi connectivity index (χ4v) is 3.00. The van der Waals surface area contributed by atoms with Crippen LogP contribution in [0.3, 0.4) is 0 Å². The van der Waals surface area contributed by atoms with Crippen LogP contribution in [0.4, 0.5) is 17.3 Å². The van der Waals surface area contributed by atoms with Gasteiger partial charge in [0.05, 0.1) is 4.47 Å². The zero-order chi connectivity index (χ0) is 15.5. The first-order chi connectivity index (χ1) is 10.6. The van der Waals surface area contributed by atoms with Crippen molar-refractivity contribution in [3.63, 3.8) is 0 Å². The number of anilines is 3. The van der Waals surface area contributed by atoms with Crippen molar-refractivity contribution >= 4 is 33.3 Å². The molecule has 0 radical (unpaired) electrons. The molecule has 6 heteroatoms. The summed E-state index contributed by atoms with van der Waals surface area (Å²) in [5.74, 6) is 0.598. The van der Waals surface area contributed by atoms with E-state index in [0.29, 0.717) is 18.0 Å². The van der Waals surface area contributed by atoms with Crippen molar-refractivity contribution in [1.82, 2.24) is 15.3 Å². The van der Waals surface area contributed by atoms with E-state index >= 15 is 0 Å². The zero-order valence-electron chi connectivity index (χ0n) is 12.8. The lowest BCUT2D eigenvalue weighted by Crippen LogP contribution is -2.54. The van der Waals surface area contributed by atoms with Gasteiger partial charge in [-0.25, -0.2) is 9.97 Å². The van der Waals surface area contributed by atoms with Crippen molar-refractivity contribution in [2.45, 2.75) is 25.9 Å². The van der Waals surface area contributed by atoms with E-state index in [0.717, 1.165) is 23.2 Å². The van der Waals surface area contributed by atoms with Gasteiger partial charge in [-0.2, -0.15) is 0 Å². The van der Waals surface area contributed by atoms with Crippen molar-refractivity contribution in [3.8, 4) is 0 Å². The summed E-state index contributed by atoms with van der Waals surface area (Å²) in [4.78, 5) is 10.9. The Morgan fingerprint density at radius 1 is 1.09 bits per heavy atom. The Morgan fingerprint density at radius 2 is 1.68 bits per heavy atom. The van der Waals surface area contributed by atoms with Crippen LogP contribution in [0.5, 0.6) is 0 Å². The van der Waals surface area contributed by atoms with Crippen molar-refractivity contribution < 1.29 is 0 Å². The van der Waals surface area contributed by atoms with E-state index in [2.05, 4.69) is 79.5 Å². The lowest BCUT2D eigenvalue weighted by atomic mass is 10.1. The van der Waals surface area contributed by atoms with Crippen LogP contribution in [-0.2, 0) is 0 Å². The summed E-state index contributed by atoms with van der Waals surface area (Å²) in [6.45, 7) is 6.52. The third-order valence-corrected chi connectivity index (χ3v) is 4.08. The second kappa shape index (κ2) is 6.62. The first kappa shape index (κ1) is 15.2. The van der Waals surface area contributed by atoms with Crippen LogP contribution in [-0.4, -0.2) is 35.1 Å². The molecule has 1 aromatic heterocycles. The van der Waals surface area contributed by atoms with Gasteiger partial charge < -0.3 is 15.5 Å². The normalized spacial score (nSPS) is 21.7. The molecule has 1 aliphatic rings. The van der Waals surface area contributed by atoms with Gasteiger partial charge in [0.1, 0.15) is 0 Å². The molecule has 0 aliphatic carbocycles. The standard InChI is InChI=1S/C16H20BrN5/c1-11-9-22(10-12(2)20-11)15-5-3-14(4-6-15)21-16-18-7-13(17)8-19-16/h3-8,11-12,20H,9-10H2,1-2H3,(H,18,19,21). The lowest BCUT2D eigenvalue weighted by Gasteiger charge is -2.37. The number of nitrogens with zero attached hydrogens (tertiary/aromatic N) is 3. The Hall–Kier alpha value is -1.66. The molecule has 1 aromatic carbocycles. The zero-order valence-corrected chi connectivity index (χ0v) is 14.3. The highest BCUT2D eigenvalue weighted by molar-refractivity contribution is 9.10. The monoisotopic (exact) mass is 361 g/mol. The summed E-state index contributed by atoms with van der Waals surface area (Å²) in [5, 5.41) is 6.76. The minimum Gasteiger partial charge on any atom is -0.368 e. The Morgan fingerprint density at radius 3 is 2.27 bits per heavy atom. The molecule has 0 spiro atoms. The SMILES string of the molecule is CC1CN(c2ccc(Nc3ncc(Br)cn3)cc2)CC(C)N1. The number of rotatable bonds is 3. The molecule has 0 amide bonds. The quantitative estimate of drug-likeness (QED) is 0.879. The van der Waals surface area contributed by atoms with E-state index in [1.54, 1.807) is 12.4 Å². The molecule has 2 heterocycles. The van der Waals surface area contributed by atoms with E-state index in [-0.39, 0.29) is 0 Å². The van der Waals surface area contributed by atoms with E-state index < -0.39 is 0 Å². The number of benzene rings is 1. The number of piperazine rings is 1. The maximum absolute atomic E-state index is 4.22. The predicted molar refractivity (Wildman–Crippen MR) is 93.7 cm³/mol. The Labute approximate surface area is 139 Å². The Kier molecular flexibility index (Phi) is 4.59. The van der Waals surface area contributed by atoms with Gasteiger partial charge in [-0.15, -0.1) is 0 Å². The second-order valence-corrected chi connectivity index (χ2v) is 6.69. The summed E-state index contributed by atoms with van der Waals surface area (Å²) in [5.41, 5.74) is 2.24. The fraction of sp³-hybridized carbons (Fsp3) is 0.375. The third kappa shape index (κ3) is 3.75. The summed E-state index contributed by atoms with van der Waals surface area (Å²) in [6.07, 6.45) is 3.46. The Bertz CT molecular complexity index is 603. The van der Waals surface area contributed by atoms with Gasteiger partial charge in [0, 0.05) is 48.9 Å². The van der Waals surface area contributed by atoms with Crippen molar-refractivity contribution in [3.05, 3.63) is 41.1 Å². The molecule has 116 valence electrons. The molecule has 1 aliphatic heterocycles. The van der Waals surface area contributed by atoms with E-state index in [4.69, 9.17) is 0 Å². The number of halogens is 1. The van der Waals surface area contributed by atoms with Gasteiger partial charge in [-0.1, -0.05) is 0 Å². The summed E-state index contributed by atoms with van der Waals surface area (Å²) < 4.78 is 0.871. The highest BCUT2D eigenvalue weighted by atomic mass is 79.9. The van der Waals surface area contributed by atoms with Gasteiger partial charge in [-0.3, -0.25) is 0 Å². The van der Waals surface area contributed by atoms with Crippen LogP contribution in [0, 0.1) is 0 Å². The van der Waals surface area contributed by atoms with E-state index in [1.165, 1.54) is 5.69 Å². The lowest BCUT2D eigenvalue weighted by molar-refractivity contribution is 0.407. The largest absolute Gasteiger partial charge is 0.368 e. The van der Waals surface area contributed by atoms with Gasteiger partial charge >= 0.3 is 0 Å². The topological polar surface area (TPSA) is 53.1 Å². The van der Waals surface area contributed by atoms with Gasteiger partial charge in [0.2, 0.25) is 5.95 Å². The van der Waals surface area contributed by atoms with Crippen molar-refractivity contribution in [1.29, 1.82) is 0 Å². The van der Waals surface area contributed by atoms with Crippen LogP contribution in [0.2, 0.25) is 0 Å². The van der Waals surface area contributed by atoms with Gasteiger partial charge in [0.15, 0.2) is 0 Å². The minimum absolute atomic E-state index is 0.512. The molecule has 2 N–H and O–H groups in total. The van der Waals surface area contributed by atoms with E-state index in [1.807, 2.05) is 0 Å². The van der Waals surface area contributed by atoms with Gasteiger partial charge in [-0.05, 0) is 54.0 Å². The average Bonchev–Trinajstić information content (AvgIpc) is 2.49. The van der Waals surface area contributed by atoms with Crippen LogP contribution in [0.15, 0.2) is 41.1 Å². The highest BCUT2D eigenvalue weighted by Crippen LogP contribution is 2.22. The summed E-state index contributed by atoms with van der Waals surface area (Å²) in [6, 6.07) is 9.45. The maximum Gasteiger partial charge on any atom is 0.227 e. The number of aromatic nitrogens is 2. The van der Waals surface area contributed by atoms with Crippen molar-refractivity contribution in [2.75, 3.05) is 23.3 Å². The Balaban J connectivity index is 1.68. The second-order valence-electron chi connectivity index (χ2n) is 5.77. The van der Waals surface area contributed by atoms with Gasteiger partial charge in [0.25, 0.3) is 0 Å². The molecule has 0 saturated carbocycles. The highest BCUT2D eigenvalue weighted by Gasteiger charge is 2.20. The van der Waals surface area contributed by atoms with E-state index in [9.17, 15) is 0 Å². The fourth-order valence-electron chi connectivity index (χ4n) is 2.80. The molecule has 2 unspecified atom stereocenters. The van der Waals surface area contributed by atoms with Crippen LogP contribution in [0.25, 0.3) is 0 Å². The predicted octanol–water partition coefficient (Wildman–Crippen LogP) is 3.17. The molecule has 1 saturated heterocycles. The smallest absolute Gasteiger partial charge is 0.227 e. The molecule has 1 fully saturated rings. The number of nitrogens with one attached hydrogen (secondary N) is 2. The molecule has 5 nitrogen and oxygen atoms in total.